The van der Waals surface area contributed by atoms with E-state index in [9.17, 15) is 5.11 Å². The molecule has 0 fully saturated rings. The second-order valence-corrected chi connectivity index (χ2v) is 4.50. The maximum Gasteiger partial charge on any atom is 0.191 e. The van der Waals surface area contributed by atoms with Crippen LogP contribution >= 0.6 is 0 Å². The summed E-state index contributed by atoms with van der Waals surface area (Å²) in [5.74, 6) is 0.785. The fourth-order valence-electron chi connectivity index (χ4n) is 1.81. The fourth-order valence-corrected chi connectivity index (χ4v) is 1.81. The molecular weight excluding hydrogens is 214 g/mol. The Morgan fingerprint density at radius 2 is 2.18 bits per heavy atom. The molecule has 0 spiro atoms. The summed E-state index contributed by atoms with van der Waals surface area (Å²) in [4.78, 5) is 4.31. The summed E-state index contributed by atoms with van der Waals surface area (Å²) in [6.07, 6.45) is 1.07. The number of aliphatic hydroxyl groups is 1. The van der Waals surface area contributed by atoms with Gasteiger partial charge in [-0.05, 0) is 18.9 Å². The Labute approximate surface area is 102 Å². The van der Waals surface area contributed by atoms with E-state index >= 15 is 0 Å². The molecule has 2 rings (SSSR count). The molecule has 92 valence electrons. The molecule has 1 aromatic rings. The Hall–Kier alpha value is -1.55. The molecule has 3 N–H and O–H groups in total. The van der Waals surface area contributed by atoms with E-state index in [0.717, 1.165) is 31.0 Å². The molecule has 1 atom stereocenters. The number of hydrogen-bond acceptors (Lipinski definition) is 4. The number of hydrogen-bond donors (Lipinski definition) is 3. The summed E-state index contributed by atoms with van der Waals surface area (Å²) >= 11 is 0. The molecule has 4 nitrogen and oxygen atoms in total. The Morgan fingerprint density at radius 1 is 1.41 bits per heavy atom. The molecule has 0 amide bonds. The molecule has 0 aliphatic carbocycles. The van der Waals surface area contributed by atoms with Crippen LogP contribution in [-0.4, -0.2) is 30.7 Å². The summed E-state index contributed by atoms with van der Waals surface area (Å²) in [5.41, 5.74) is 0.0204. The van der Waals surface area contributed by atoms with Gasteiger partial charge < -0.3 is 15.7 Å². The highest BCUT2D eigenvalue weighted by Crippen LogP contribution is 2.18. The monoisotopic (exact) mass is 233 g/mol. The number of aliphatic imine (C=N–C) groups is 1. The van der Waals surface area contributed by atoms with Gasteiger partial charge >= 0.3 is 0 Å². The number of nitrogens with zero attached hydrogens (tertiary/aromatic N) is 1. The van der Waals surface area contributed by atoms with Crippen molar-refractivity contribution >= 4 is 5.96 Å². The van der Waals surface area contributed by atoms with Crippen LogP contribution in [0.3, 0.4) is 0 Å². The zero-order valence-electron chi connectivity index (χ0n) is 10.1. The van der Waals surface area contributed by atoms with E-state index in [-0.39, 0.29) is 0 Å². The minimum absolute atomic E-state index is 0.447. The topological polar surface area (TPSA) is 56.6 Å². The van der Waals surface area contributed by atoms with Gasteiger partial charge in [0, 0.05) is 13.1 Å². The molecule has 4 heteroatoms. The van der Waals surface area contributed by atoms with Crippen LogP contribution < -0.4 is 10.6 Å². The first-order valence-corrected chi connectivity index (χ1v) is 5.98. The van der Waals surface area contributed by atoms with Crippen molar-refractivity contribution < 1.29 is 5.11 Å². The van der Waals surface area contributed by atoms with Gasteiger partial charge in [0.05, 0.1) is 6.54 Å². The first kappa shape index (κ1) is 11.9. The molecule has 17 heavy (non-hydrogen) atoms. The van der Waals surface area contributed by atoms with Gasteiger partial charge in [0.1, 0.15) is 5.60 Å². The highest BCUT2D eigenvalue weighted by molar-refractivity contribution is 5.80. The predicted octanol–water partition coefficient (Wildman–Crippen LogP) is 0.833. The molecule has 1 aliphatic rings. The summed E-state index contributed by atoms with van der Waals surface area (Å²) < 4.78 is 0. The maximum absolute atomic E-state index is 10.4. The van der Waals surface area contributed by atoms with Crippen molar-refractivity contribution in [3.63, 3.8) is 0 Å². The highest BCUT2D eigenvalue weighted by Gasteiger charge is 2.23. The average molecular weight is 233 g/mol. The Morgan fingerprint density at radius 3 is 2.82 bits per heavy atom. The van der Waals surface area contributed by atoms with Crippen LogP contribution in [0.2, 0.25) is 0 Å². The Bertz CT molecular complexity index is 387. The van der Waals surface area contributed by atoms with Gasteiger partial charge in [0.25, 0.3) is 0 Å². The van der Waals surface area contributed by atoms with Crippen molar-refractivity contribution in [3.05, 3.63) is 35.9 Å². The minimum Gasteiger partial charge on any atom is -0.384 e. The van der Waals surface area contributed by atoms with E-state index < -0.39 is 5.60 Å². The second kappa shape index (κ2) is 5.19. The Balaban J connectivity index is 1.95. The fraction of sp³-hybridized carbons (Fsp3) is 0.462. The molecule has 0 bridgehead atoms. The quantitative estimate of drug-likeness (QED) is 0.725. The first-order chi connectivity index (χ1) is 8.18. The van der Waals surface area contributed by atoms with E-state index in [1.165, 1.54) is 0 Å². The summed E-state index contributed by atoms with van der Waals surface area (Å²) in [6.45, 7) is 4.05. The van der Waals surface area contributed by atoms with Gasteiger partial charge in [-0.1, -0.05) is 30.3 Å². The van der Waals surface area contributed by atoms with Gasteiger partial charge in [-0.3, -0.25) is 4.99 Å². The molecule has 0 saturated carbocycles. The van der Waals surface area contributed by atoms with E-state index in [2.05, 4.69) is 15.6 Å². The van der Waals surface area contributed by atoms with Crippen LogP contribution in [0.5, 0.6) is 0 Å². The van der Waals surface area contributed by atoms with Crippen LogP contribution in [0.4, 0.5) is 0 Å². The van der Waals surface area contributed by atoms with Crippen molar-refractivity contribution in [2.75, 3.05) is 19.6 Å². The molecule has 1 heterocycles. The van der Waals surface area contributed by atoms with Gasteiger partial charge in [0.2, 0.25) is 0 Å². The van der Waals surface area contributed by atoms with Crippen molar-refractivity contribution in [3.8, 4) is 0 Å². The van der Waals surface area contributed by atoms with Crippen LogP contribution in [0.25, 0.3) is 0 Å². The molecule has 0 saturated heterocycles. The van der Waals surface area contributed by atoms with Gasteiger partial charge in [-0.25, -0.2) is 0 Å². The summed E-state index contributed by atoms with van der Waals surface area (Å²) in [6, 6.07) is 9.66. The second-order valence-electron chi connectivity index (χ2n) is 4.50. The third-order valence-electron chi connectivity index (χ3n) is 2.89. The van der Waals surface area contributed by atoms with Crippen molar-refractivity contribution in [2.45, 2.75) is 18.9 Å². The molecule has 0 aromatic heterocycles. The lowest BCUT2D eigenvalue weighted by molar-refractivity contribution is 0.0616. The standard InChI is InChI=1S/C13H19N3O/c1-13(17,11-6-3-2-4-7-11)10-16-12-14-8-5-9-15-12/h2-4,6-7,17H,5,8-10H2,1H3,(H2,14,15,16). The van der Waals surface area contributed by atoms with Crippen LogP contribution in [-0.2, 0) is 5.60 Å². The average Bonchev–Trinajstić information content (AvgIpc) is 2.39. The van der Waals surface area contributed by atoms with E-state index in [1.807, 2.05) is 30.3 Å². The maximum atomic E-state index is 10.4. The van der Waals surface area contributed by atoms with Crippen molar-refractivity contribution in [2.24, 2.45) is 4.99 Å². The third kappa shape index (κ3) is 3.20. The molecule has 1 aromatic carbocycles. The number of nitrogens with one attached hydrogen (secondary N) is 2. The third-order valence-corrected chi connectivity index (χ3v) is 2.89. The highest BCUT2D eigenvalue weighted by atomic mass is 16.3. The lowest BCUT2D eigenvalue weighted by Crippen LogP contribution is -2.46. The van der Waals surface area contributed by atoms with Gasteiger partial charge in [-0.15, -0.1) is 0 Å². The van der Waals surface area contributed by atoms with Crippen LogP contribution in [0.15, 0.2) is 35.3 Å². The van der Waals surface area contributed by atoms with Crippen LogP contribution in [0, 0.1) is 0 Å². The normalized spacial score (nSPS) is 18.8. The first-order valence-electron chi connectivity index (χ1n) is 5.98. The van der Waals surface area contributed by atoms with Crippen molar-refractivity contribution in [1.29, 1.82) is 0 Å². The van der Waals surface area contributed by atoms with Crippen molar-refractivity contribution in [1.82, 2.24) is 10.6 Å². The van der Waals surface area contributed by atoms with E-state index in [4.69, 9.17) is 0 Å². The minimum atomic E-state index is -0.886. The van der Waals surface area contributed by atoms with E-state index in [1.54, 1.807) is 6.92 Å². The predicted molar refractivity (Wildman–Crippen MR) is 68.9 cm³/mol. The number of guanidine groups is 1. The largest absolute Gasteiger partial charge is 0.384 e. The smallest absolute Gasteiger partial charge is 0.191 e. The molecule has 0 radical (unpaired) electrons. The van der Waals surface area contributed by atoms with Gasteiger partial charge in [0.15, 0.2) is 5.96 Å². The molecule has 1 unspecified atom stereocenters. The number of rotatable bonds is 3. The Kier molecular flexibility index (Phi) is 3.64. The summed E-state index contributed by atoms with van der Waals surface area (Å²) in [5, 5.41) is 16.7. The molecular formula is C13H19N3O. The number of benzene rings is 1. The zero-order chi connectivity index (χ0) is 12.1. The lowest BCUT2D eigenvalue weighted by Gasteiger charge is -2.26. The molecule has 1 aliphatic heterocycles. The van der Waals surface area contributed by atoms with Crippen LogP contribution in [0.1, 0.15) is 18.9 Å². The van der Waals surface area contributed by atoms with E-state index in [0.29, 0.717) is 6.54 Å². The SMILES string of the molecule is CC(O)(CNC1=NCCCN1)c1ccccc1. The summed E-state index contributed by atoms with van der Waals surface area (Å²) in [7, 11) is 0. The lowest BCUT2D eigenvalue weighted by atomic mass is 9.96. The van der Waals surface area contributed by atoms with Gasteiger partial charge in [-0.2, -0.15) is 0 Å². The zero-order valence-corrected chi connectivity index (χ0v) is 10.1.